The van der Waals surface area contributed by atoms with Crippen molar-refractivity contribution in [3.8, 4) is 6.07 Å². The first-order valence-corrected chi connectivity index (χ1v) is 3.80. The van der Waals surface area contributed by atoms with Crippen LogP contribution in [0.2, 0.25) is 0 Å². The standard InChI is InChI=1S/C8H8N2S/c9-4-7-2-1-6(5-11)3-8(7)10/h1-3,11H,5,10H2. The van der Waals surface area contributed by atoms with E-state index < -0.39 is 0 Å². The zero-order valence-electron chi connectivity index (χ0n) is 5.91. The predicted molar refractivity (Wildman–Crippen MR) is 48.3 cm³/mol. The summed E-state index contributed by atoms with van der Waals surface area (Å²) in [6.07, 6.45) is 0. The van der Waals surface area contributed by atoms with Gasteiger partial charge in [0.15, 0.2) is 0 Å². The van der Waals surface area contributed by atoms with Crippen LogP contribution in [0.15, 0.2) is 18.2 Å². The van der Waals surface area contributed by atoms with Crippen molar-refractivity contribution >= 4 is 18.3 Å². The number of hydrogen-bond acceptors (Lipinski definition) is 3. The lowest BCUT2D eigenvalue weighted by Crippen LogP contribution is -1.91. The van der Waals surface area contributed by atoms with Crippen molar-refractivity contribution in [2.75, 3.05) is 5.73 Å². The lowest BCUT2D eigenvalue weighted by atomic mass is 10.1. The highest BCUT2D eigenvalue weighted by Crippen LogP contribution is 2.13. The molecule has 3 heteroatoms. The Balaban J connectivity index is 3.12. The molecule has 0 radical (unpaired) electrons. The molecule has 0 saturated carbocycles. The Morgan fingerprint density at radius 3 is 2.73 bits per heavy atom. The fourth-order valence-electron chi connectivity index (χ4n) is 0.812. The number of anilines is 1. The lowest BCUT2D eigenvalue weighted by Gasteiger charge is -1.99. The van der Waals surface area contributed by atoms with Crippen LogP contribution in [0, 0.1) is 11.3 Å². The number of nitrogens with zero attached hydrogens (tertiary/aromatic N) is 1. The molecular formula is C8H8N2S. The average Bonchev–Trinajstić information content (AvgIpc) is 2.04. The first-order valence-electron chi connectivity index (χ1n) is 3.17. The van der Waals surface area contributed by atoms with Crippen molar-refractivity contribution in [2.45, 2.75) is 5.75 Å². The van der Waals surface area contributed by atoms with E-state index >= 15 is 0 Å². The van der Waals surface area contributed by atoms with Gasteiger partial charge in [0, 0.05) is 11.4 Å². The van der Waals surface area contributed by atoms with Crippen LogP contribution < -0.4 is 5.73 Å². The van der Waals surface area contributed by atoms with Gasteiger partial charge in [-0.05, 0) is 17.7 Å². The molecular weight excluding hydrogens is 156 g/mol. The number of nitriles is 1. The smallest absolute Gasteiger partial charge is 0.101 e. The highest BCUT2D eigenvalue weighted by atomic mass is 32.1. The van der Waals surface area contributed by atoms with Gasteiger partial charge in [-0.25, -0.2) is 0 Å². The Labute approximate surface area is 71.0 Å². The summed E-state index contributed by atoms with van der Waals surface area (Å²) >= 11 is 4.08. The molecule has 0 bridgehead atoms. The molecule has 0 saturated heterocycles. The number of hydrogen-bond donors (Lipinski definition) is 2. The summed E-state index contributed by atoms with van der Waals surface area (Å²) in [5, 5.41) is 8.53. The quantitative estimate of drug-likeness (QED) is 0.489. The Morgan fingerprint density at radius 1 is 1.55 bits per heavy atom. The summed E-state index contributed by atoms with van der Waals surface area (Å²) < 4.78 is 0. The number of nitrogen functional groups attached to an aromatic ring is 1. The molecule has 56 valence electrons. The highest BCUT2D eigenvalue weighted by molar-refractivity contribution is 7.79. The molecule has 0 aliphatic rings. The van der Waals surface area contributed by atoms with Gasteiger partial charge in [-0.3, -0.25) is 0 Å². The molecule has 0 spiro atoms. The zero-order chi connectivity index (χ0) is 8.27. The first kappa shape index (κ1) is 7.96. The van der Waals surface area contributed by atoms with E-state index in [0.29, 0.717) is 17.0 Å². The maximum Gasteiger partial charge on any atom is 0.101 e. The molecule has 0 amide bonds. The Morgan fingerprint density at radius 2 is 2.27 bits per heavy atom. The molecule has 0 unspecified atom stereocenters. The molecule has 0 aromatic heterocycles. The molecule has 0 aliphatic heterocycles. The van der Waals surface area contributed by atoms with E-state index in [1.54, 1.807) is 12.1 Å². The van der Waals surface area contributed by atoms with Gasteiger partial charge >= 0.3 is 0 Å². The fourth-order valence-corrected chi connectivity index (χ4v) is 1.01. The number of benzene rings is 1. The molecule has 0 fully saturated rings. The fraction of sp³-hybridized carbons (Fsp3) is 0.125. The summed E-state index contributed by atoms with van der Waals surface area (Å²) in [5.41, 5.74) is 7.63. The summed E-state index contributed by atoms with van der Waals surface area (Å²) in [6.45, 7) is 0. The Hall–Kier alpha value is -1.14. The van der Waals surface area contributed by atoms with Crippen molar-refractivity contribution < 1.29 is 0 Å². The molecule has 1 rings (SSSR count). The van der Waals surface area contributed by atoms with Crippen LogP contribution in [-0.4, -0.2) is 0 Å². The third-order valence-electron chi connectivity index (χ3n) is 1.42. The molecule has 1 aromatic carbocycles. The monoisotopic (exact) mass is 164 g/mol. The molecule has 0 heterocycles. The number of rotatable bonds is 1. The SMILES string of the molecule is N#Cc1ccc(CS)cc1N. The van der Waals surface area contributed by atoms with Crippen LogP contribution in [-0.2, 0) is 5.75 Å². The summed E-state index contributed by atoms with van der Waals surface area (Å²) in [7, 11) is 0. The van der Waals surface area contributed by atoms with Crippen LogP contribution in [0.5, 0.6) is 0 Å². The van der Waals surface area contributed by atoms with Gasteiger partial charge in [0.25, 0.3) is 0 Å². The van der Waals surface area contributed by atoms with E-state index in [4.69, 9.17) is 11.0 Å². The normalized spacial score (nSPS) is 9.09. The van der Waals surface area contributed by atoms with Crippen molar-refractivity contribution in [1.82, 2.24) is 0 Å². The summed E-state index contributed by atoms with van der Waals surface area (Å²) in [5.74, 6) is 0.649. The van der Waals surface area contributed by atoms with Gasteiger partial charge in [-0.1, -0.05) is 6.07 Å². The van der Waals surface area contributed by atoms with Crippen molar-refractivity contribution in [1.29, 1.82) is 5.26 Å². The van der Waals surface area contributed by atoms with Gasteiger partial charge < -0.3 is 5.73 Å². The highest BCUT2D eigenvalue weighted by Gasteiger charge is 1.97. The second-order valence-electron chi connectivity index (χ2n) is 2.19. The first-order chi connectivity index (χ1) is 5.27. The Kier molecular flexibility index (Phi) is 2.40. The minimum atomic E-state index is 0.524. The van der Waals surface area contributed by atoms with Gasteiger partial charge in [-0.2, -0.15) is 17.9 Å². The molecule has 11 heavy (non-hydrogen) atoms. The molecule has 0 aliphatic carbocycles. The second-order valence-corrected chi connectivity index (χ2v) is 2.51. The van der Waals surface area contributed by atoms with Gasteiger partial charge in [0.1, 0.15) is 6.07 Å². The average molecular weight is 164 g/mol. The van der Waals surface area contributed by atoms with E-state index in [1.165, 1.54) is 0 Å². The molecule has 2 N–H and O–H groups in total. The van der Waals surface area contributed by atoms with Crippen LogP contribution >= 0.6 is 12.6 Å². The topological polar surface area (TPSA) is 49.8 Å². The van der Waals surface area contributed by atoms with E-state index in [-0.39, 0.29) is 0 Å². The van der Waals surface area contributed by atoms with Crippen molar-refractivity contribution in [3.05, 3.63) is 29.3 Å². The maximum absolute atomic E-state index is 8.53. The maximum atomic E-state index is 8.53. The van der Waals surface area contributed by atoms with Crippen LogP contribution in [0.1, 0.15) is 11.1 Å². The summed E-state index contributed by atoms with van der Waals surface area (Å²) in [4.78, 5) is 0. The number of thiol groups is 1. The molecule has 0 atom stereocenters. The van der Waals surface area contributed by atoms with Gasteiger partial charge in [-0.15, -0.1) is 0 Å². The van der Waals surface area contributed by atoms with Crippen LogP contribution in [0.25, 0.3) is 0 Å². The second kappa shape index (κ2) is 3.31. The minimum Gasteiger partial charge on any atom is -0.398 e. The van der Waals surface area contributed by atoms with E-state index in [1.807, 2.05) is 12.1 Å². The van der Waals surface area contributed by atoms with Crippen molar-refractivity contribution in [2.24, 2.45) is 0 Å². The molecule has 2 nitrogen and oxygen atoms in total. The predicted octanol–water partition coefficient (Wildman–Crippen LogP) is 1.57. The van der Waals surface area contributed by atoms with Gasteiger partial charge in [0.2, 0.25) is 0 Å². The lowest BCUT2D eigenvalue weighted by molar-refractivity contribution is 1.40. The van der Waals surface area contributed by atoms with E-state index in [0.717, 1.165) is 5.56 Å². The molecule has 1 aromatic rings. The van der Waals surface area contributed by atoms with E-state index in [9.17, 15) is 0 Å². The van der Waals surface area contributed by atoms with E-state index in [2.05, 4.69) is 12.6 Å². The van der Waals surface area contributed by atoms with Gasteiger partial charge in [0.05, 0.1) is 5.56 Å². The minimum absolute atomic E-state index is 0.524. The largest absolute Gasteiger partial charge is 0.398 e. The zero-order valence-corrected chi connectivity index (χ0v) is 6.81. The number of nitrogens with two attached hydrogens (primary N) is 1. The third kappa shape index (κ3) is 1.66. The Bertz CT molecular complexity index is 301. The third-order valence-corrected chi connectivity index (χ3v) is 1.78. The summed E-state index contributed by atoms with van der Waals surface area (Å²) in [6, 6.07) is 7.32. The van der Waals surface area contributed by atoms with Crippen molar-refractivity contribution in [3.63, 3.8) is 0 Å². The van der Waals surface area contributed by atoms with Crippen LogP contribution in [0.3, 0.4) is 0 Å². The van der Waals surface area contributed by atoms with Crippen LogP contribution in [0.4, 0.5) is 5.69 Å².